The number of fused-ring (bicyclic) bond motifs is 1. The fourth-order valence-electron chi connectivity index (χ4n) is 4.87. The van der Waals surface area contributed by atoms with Crippen molar-refractivity contribution in [2.75, 3.05) is 31.1 Å². The fraction of sp³-hybridized carbons (Fsp3) is 0.286. The van der Waals surface area contributed by atoms with Crippen LogP contribution in [0.1, 0.15) is 35.8 Å². The minimum atomic E-state index is -1.31. The van der Waals surface area contributed by atoms with E-state index in [0.29, 0.717) is 24.3 Å². The lowest BCUT2D eigenvalue weighted by Gasteiger charge is -2.36. The van der Waals surface area contributed by atoms with Gasteiger partial charge in [0.15, 0.2) is 0 Å². The van der Waals surface area contributed by atoms with Gasteiger partial charge in [-0.1, -0.05) is 12.1 Å². The molecular formula is C28H29FN4O3. The maximum atomic E-state index is 15.2. The second kappa shape index (κ2) is 9.62. The van der Waals surface area contributed by atoms with Crippen LogP contribution in [0.25, 0.3) is 16.6 Å². The number of rotatable bonds is 6. The number of nitrogens with zero attached hydrogens (tertiary/aromatic N) is 4. The van der Waals surface area contributed by atoms with E-state index in [1.54, 1.807) is 10.6 Å². The van der Waals surface area contributed by atoms with Gasteiger partial charge < -0.3 is 19.1 Å². The molecule has 186 valence electrons. The van der Waals surface area contributed by atoms with Crippen molar-refractivity contribution < 1.29 is 14.3 Å². The van der Waals surface area contributed by atoms with Gasteiger partial charge in [-0.25, -0.2) is 9.18 Å². The number of benzene rings is 2. The molecular weight excluding hydrogens is 459 g/mol. The summed E-state index contributed by atoms with van der Waals surface area (Å²) in [6.45, 7) is 7.51. The highest BCUT2D eigenvalue weighted by Gasteiger charge is 2.23. The van der Waals surface area contributed by atoms with Crippen LogP contribution in [-0.2, 0) is 6.54 Å². The average Bonchev–Trinajstić information content (AvgIpc) is 3.40. The highest BCUT2D eigenvalue weighted by Crippen LogP contribution is 2.28. The topological polar surface area (TPSA) is 70.7 Å². The van der Waals surface area contributed by atoms with E-state index in [-0.39, 0.29) is 17.0 Å². The van der Waals surface area contributed by atoms with Gasteiger partial charge in [-0.2, -0.15) is 0 Å². The molecule has 0 unspecified atom stereocenters. The monoisotopic (exact) mass is 488 g/mol. The standard InChI is InChI=1S/C28H29FN4O3/c1-19(2)33-18-23(28(35)36)27(34)22-15-24(29)26(16-25(22)33)32-13-11-30(12-14-32)17-20-5-7-21(8-6-20)31-9-3-4-10-31/h3-10,15-16,18-19H,11-14,17H2,1-2H3,(H,35,36). The Morgan fingerprint density at radius 2 is 1.69 bits per heavy atom. The Hall–Kier alpha value is -3.91. The molecule has 0 spiro atoms. The van der Waals surface area contributed by atoms with E-state index < -0.39 is 17.2 Å². The minimum Gasteiger partial charge on any atom is -0.477 e. The molecule has 1 fully saturated rings. The Morgan fingerprint density at radius 1 is 1.03 bits per heavy atom. The zero-order chi connectivity index (χ0) is 25.4. The molecule has 1 N–H and O–H groups in total. The van der Waals surface area contributed by atoms with Crippen molar-refractivity contribution in [3.05, 3.63) is 94.3 Å². The van der Waals surface area contributed by atoms with Crippen molar-refractivity contribution >= 4 is 22.6 Å². The lowest BCUT2D eigenvalue weighted by molar-refractivity contribution is 0.0694. The average molecular weight is 489 g/mol. The van der Waals surface area contributed by atoms with Gasteiger partial charge in [0.2, 0.25) is 5.43 Å². The molecule has 0 radical (unpaired) electrons. The maximum Gasteiger partial charge on any atom is 0.341 e. The number of hydrogen-bond acceptors (Lipinski definition) is 4. The Balaban J connectivity index is 1.33. The van der Waals surface area contributed by atoms with Crippen LogP contribution in [0.15, 0.2) is 71.9 Å². The number of anilines is 1. The number of aromatic carboxylic acids is 1. The predicted octanol–water partition coefficient (Wildman–Crippen LogP) is 4.53. The van der Waals surface area contributed by atoms with E-state index in [4.69, 9.17) is 0 Å². The molecule has 5 rings (SSSR count). The summed E-state index contributed by atoms with van der Waals surface area (Å²) in [4.78, 5) is 28.6. The number of aromatic nitrogens is 2. The lowest BCUT2D eigenvalue weighted by atomic mass is 10.1. The summed E-state index contributed by atoms with van der Waals surface area (Å²) < 4.78 is 19.0. The number of carbonyl (C=O) groups is 1. The second-order valence-electron chi connectivity index (χ2n) is 9.52. The Kier molecular flexibility index (Phi) is 6.36. The van der Waals surface area contributed by atoms with Gasteiger partial charge in [0, 0.05) is 68.4 Å². The molecule has 2 aromatic heterocycles. The molecule has 1 saturated heterocycles. The number of pyridine rings is 1. The van der Waals surface area contributed by atoms with Gasteiger partial charge in [-0.15, -0.1) is 0 Å². The van der Waals surface area contributed by atoms with Gasteiger partial charge in [-0.3, -0.25) is 9.69 Å². The molecule has 1 aliphatic rings. The predicted molar refractivity (Wildman–Crippen MR) is 139 cm³/mol. The van der Waals surface area contributed by atoms with Gasteiger partial charge in [0.25, 0.3) is 0 Å². The summed E-state index contributed by atoms with van der Waals surface area (Å²) in [7, 11) is 0. The lowest BCUT2D eigenvalue weighted by Crippen LogP contribution is -2.46. The third-order valence-electron chi connectivity index (χ3n) is 6.85. The number of halogens is 1. The summed E-state index contributed by atoms with van der Waals surface area (Å²) in [5, 5.41) is 9.52. The first-order valence-corrected chi connectivity index (χ1v) is 12.1. The maximum absolute atomic E-state index is 15.2. The van der Waals surface area contributed by atoms with E-state index in [1.165, 1.54) is 17.8 Å². The molecule has 7 nitrogen and oxygen atoms in total. The minimum absolute atomic E-state index is 0.0897. The van der Waals surface area contributed by atoms with Crippen molar-refractivity contribution in [3.8, 4) is 5.69 Å². The van der Waals surface area contributed by atoms with E-state index in [9.17, 15) is 14.7 Å². The SMILES string of the molecule is CC(C)n1cc(C(=O)O)c(=O)c2cc(F)c(N3CCN(Cc4ccc(-n5cccc5)cc4)CC3)cc21. The van der Waals surface area contributed by atoms with Crippen molar-refractivity contribution in [2.24, 2.45) is 0 Å². The first kappa shape index (κ1) is 23.8. The summed E-state index contributed by atoms with van der Waals surface area (Å²) in [6.07, 6.45) is 5.40. The number of carboxylic acids is 1. The number of piperazine rings is 1. The van der Waals surface area contributed by atoms with Gasteiger partial charge in [0.05, 0.1) is 11.2 Å². The Morgan fingerprint density at radius 3 is 2.31 bits per heavy atom. The summed E-state index contributed by atoms with van der Waals surface area (Å²) in [6, 6.07) is 15.3. The number of carboxylic acid groups (broad SMARTS) is 1. The molecule has 0 amide bonds. The zero-order valence-electron chi connectivity index (χ0n) is 20.4. The van der Waals surface area contributed by atoms with Crippen LogP contribution in [-0.4, -0.2) is 51.3 Å². The van der Waals surface area contributed by atoms with Gasteiger partial charge in [-0.05, 0) is 55.8 Å². The molecule has 2 aromatic carbocycles. The highest BCUT2D eigenvalue weighted by atomic mass is 19.1. The van der Waals surface area contributed by atoms with Crippen LogP contribution in [0.2, 0.25) is 0 Å². The highest BCUT2D eigenvalue weighted by molar-refractivity contribution is 5.93. The first-order valence-electron chi connectivity index (χ1n) is 12.1. The second-order valence-corrected chi connectivity index (χ2v) is 9.52. The first-order chi connectivity index (χ1) is 17.3. The van der Waals surface area contributed by atoms with E-state index in [2.05, 4.69) is 33.7 Å². The largest absolute Gasteiger partial charge is 0.477 e. The smallest absolute Gasteiger partial charge is 0.341 e. The van der Waals surface area contributed by atoms with E-state index in [1.807, 2.05) is 43.3 Å². The summed E-state index contributed by atoms with van der Waals surface area (Å²) in [5.41, 5.74) is 2.32. The van der Waals surface area contributed by atoms with Gasteiger partial charge >= 0.3 is 5.97 Å². The zero-order valence-corrected chi connectivity index (χ0v) is 20.4. The molecule has 3 heterocycles. The van der Waals surface area contributed by atoms with Crippen LogP contribution in [0.5, 0.6) is 0 Å². The van der Waals surface area contributed by atoms with E-state index >= 15 is 4.39 Å². The molecule has 0 bridgehead atoms. The summed E-state index contributed by atoms with van der Waals surface area (Å²) in [5.74, 6) is -1.82. The third kappa shape index (κ3) is 4.52. The van der Waals surface area contributed by atoms with Crippen LogP contribution in [0, 0.1) is 5.82 Å². The van der Waals surface area contributed by atoms with Crippen LogP contribution >= 0.6 is 0 Å². The van der Waals surface area contributed by atoms with Gasteiger partial charge in [0.1, 0.15) is 11.4 Å². The van der Waals surface area contributed by atoms with Crippen molar-refractivity contribution in [3.63, 3.8) is 0 Å². The molecule has 0 atom stereocenters. The Bertz CT molecular complexity index is 1450. The Labute approximate surface area is 208 Å². The number of hydrogen-bond donors (Lipinski definition) is 1. The van der Waals surface area contributed by atoms with Crippen LogP contribution in [0.4, 0.5) is 10.1 Å². The molecule has 4 aromatic rings. The van der Waals surface area contributed by atoms with Crippen molar-refractivity contribution in [1.29, 1.82) is 0 Å². The van der Waals surface area contributed by atoms with Crippen LogP contribution < -0.4 is 10.3 Å². The fourth-order valence-corrected chi connectivity index (χ4v) is 4.87. The molecule has 0 aliphatic carbocycles. The third-order valence-corrected chi connectivity index (χ3v) is 6.85. The van der Waals surface area contributed by atoms with Crippen molar-refractivity contribution in [1.82, 2.24) is 14.0 Å². The quantitative estimate of drug-likeness (QED) is 0.432. The van der Waals surface area contributed by atoms with E-state index in [0.717, 1.165) is 25.3 Å². The molecule has 0 saturated carbocycles. The summed E-state index contributed by atoms with van der Waals surface area (Å²) >= 11 is 0. The normalized spacial score (nSPS) is 14.6. The molecule has 36 heavy (non-hydrogen) atoms. The van der Waals surface area contributed by atoms with Crippen molar-refractivity contribution in [2.45, 2.75) is 26.4 Å². The molecule has 8 heteroatoms. The molecule has 1 aliphatic heterocycles. The van der Waals surface area contributed by atoms with Crippen LogP contribution in [0.3, 0.4) is 0 Å².